The highest BCUT2D eigenvalue weighted by Gasteiger charge is 2.09. The van der Waals surface area contributed by atoms with Crippen LogP contribution in [0.2, 0.25) is 0 Å². The van der Waals surface area contributed by atoms with Gasteiger partial charge >= 0.3 is 5.97 Å². The summed E-state index contributed by atoms with van der Waals surface area (Å²) >= 11 is 0. The van der Waals surface area contributed by atoms with E-state index < -0.39 is 5.97 Å². The van der Waals surface area contributed by atoms with Gasteiger partial charge in [0.05, 0.1) is 0 Å². The van der Waals surface area contributed by atoms with E-state index in [4.69, 9.17) is 4.74 Å². The summed E-state index contributed by atoms with van der Waals surface area (Å²) in [5, 5.41) is 0. The van der Waals surface area contributed by atoms with Crippen molar-refractivity contribution in [3.05, 3.63) is 41.5 Å². The smallest absolute Gasteiger partial charge is 0.335 e. The predicted molar refractivity (Wildman–Crippen MR) is 61.1 cm³/mol. The number of hydrogen-bond acceptors (Lipinski definition) is 2. The highest BCUT2D eigenvalue weighted by Crippen LogP contribution is 2.25. The van der Waals surface area contributed by atoms with E-state index in [1.165, 1.54) is 17.2 Å². The van der Waals surface area contributed by atoms with Gasteiger partial charge in [-0.1, -0.05) is 19.6 Å². The van der Waals surface area contributed by atoms with Crippen molar-refractivity contribution in [1.82, 2.24) is 0 Å². The second kappa shape index (κ2) is 4.78. The zero-order valence-electron chi connectivity index (χ0n) is 9.46. The van der Waals surface area contributed by atoms with Gasteiger partial charge in [-0.3, -0.25) is 0 Å². The Morgan fingerprint density at radius 3 is 2.67 bits per heavy atom. The molecule has 15 heavy (non-hydrogen) atoms. The van der Waals surface area contributed by atoms with Crippen LogP contribution in [-0.4, -0.2) is 5.97 Å². The quantitative estimate of drug-likeness (QED) is 0.430. The number of ether oxygens (including phenoxy) is 1. The van der Waals surface area contributed by atoms with E-state index in [0.717, 1.165) is 12.0 Å². The first-order chi connectivity index (χ1) is 7.10. The summed E-state index contributed by atoms with van der Waals surface area (Å²) in [6.07, 6.45) is 2.03. The molecule has 0 saturated carbocycles. The summed E-state index contributed by atoms with van der Waals surface area (Å²) in [6.45, 7) is 9.52. The molecular formula is C13H16O2. The third kappa shape index (κ3) is 2.46. The van der Waals surface area contributed by atoms with Crippen molar-refractivity contribution < 1.29 is 9.53 Å². The summed E-state index contributed by atoms with van der Waals surface area (Å²) in [7, 11) is 0. The molecule has 0 atom stereocenters. The molecule has 0 radical (unpaired) electrons. The zero-order chi connectivity index (χ0) is 11.4. The Kier molecular flexibility index (Phi) is 3.67. The van der Waals surface area contributed by atoms with Gasteiger partial charge in [-0.05, 0) is 43.0 Å². The van der Waals surface area contributed by atoms with E-state index in [9.17, 15) is 4.79 Å². The molecule has 0 aliphatic heterocycles. The van der Waals surface area contributed by atoms with E-state index in [2.05, 4.69) is 6.58 Å². The number of esters is 1. The van der Waals surface area contributed by atoms with E-state index in [0.29, 0.717) is 5.75 Å². The topological polar surface area (TPSA) is 26.3 Å². The maximum Gasteiger partial charge on any atom is 0.335 e. The lowest BCUT2D eigenvalue weighted by atomic mass is 10.0. The number of rotatable bonds is 3. The average molecular weight is 204 g/mol. The molecule has 2 nitrogen and oxygen atoms in total. The summed E-state index contributed by atoms with van der Waals surface area (Å²) in [6, 6.07) is 3.79. The van der Waals surface area contributed by atoms with Gasteiger partial charge in [0.25, 0.3) is 0 Å². The zero-order valence-corrected chi connectivity index (χ0v) is 9.46. The number of hydrogen-bond donors (Lipinski definition) is 0. The largest absolute Gasteiger partial charge is 0.423 e. The van der Waals surface area contributed by atoms with E-state index in [1.54, 1.807) is 0 Å². The number of benzene rings is 1. The Balaban J connectivity index is 3.13. The van der Waals surface area contributed by atoms with Gasteiger partial charge in [0.2, 0.25) is 0 Å². The molecule has 0 fully saturated rings. The van der Waals surface area contributed by atoms with Crippen molar-refractivity contribution in [2.24, 2.45) is 0 Å². The first-order valence-corrected chi connectivity index (χ1v) is 5.03. The van der Waals surface area contributed by atoms with Crippen molar-refractivity contribution in [2.75, 3.05) is 0 Å². The van der Waals surface area contributed by atoms with E-state index in [1.807, 2.05) is 32.9 Å². The van der Waals surface area contributed by atoms with Gasteiger partial charge in [-0.25, -0.2) is 4.79 Å². The maximum atomic E-state index is 11.1. The SMILES string of the molecule is C=CC(=O)Oc1ccc(C)c(C)c1CC. The van der Waals surface area contributed by atoms with Gasteiger partial charge in [0, 0.05) is 6.08 Å². The molecule has 0 aliphatic carbocycles. The molecule has 0 saturated heterocycles. The van der Waals surface area contributed by atoms with Crippen LogP contribution in [0.1, 0.15) is 23.6 Å². The van der Waals surface area contributed by atoms with Crippen LogP contribution in [0.15, 0.2) is 24.8 Å². The fourth-order valence-corrected chi connectivity index (χ4v) is 1.53. The molecule has 80 valence electrons. The van der Waals surface area contributed by atoms with Crippen molar-refractivity contribution in [2.45, 2.75) is 27.2 Å². The summed E-state index contributed by atoms with van der Waals surface area (Å²) in [4.78, 5) is 11.1. The second-order valence-corrected chi connectivity index (χ2v) is 3.46. The second-order valence-electron chi connectivity index (χ2n) is 3.46. The van der Waals surface area contributed by atoms with Gasteiger partial charge < -0.3 is 4.74 Å². The fraction of sp³-hybridized carbons (Fsp3) is 0.308. The maximum absolute atomic E-state index is 11.1. The molecule has 0 aromatic heterocycles. The van der Waals surface area contributed by atoms with Crippen LogP contribution in [0.25, 0.3) is 0 Å². The third-order valence-electron chi connectivity index (χ3n) is 2.56. The van der Waals surface area contributed by atoms with Crippen LogP contribution < -0.4 is 4.74 Å². The van der Waals surface area contributed by atoms with Gasteiger partial charge in [-0.15, -0.1) is 0 Å². The molecule has 0 N–H and O–H groups in total. The van der Waals surface area contributed by atoms with Crippen molar-refractivity contribution in [3.63, 3.8) is 0 Å². The van der Waals surface area contributed by atoms with Crippen LogP contribution in [0, 0.1) is 13.8 Å². The predicted octanol–water partition coefficient (Wildman–Crippen LogP) is 2.96. The first-order valence-electron chi connectivity index (χ1n) is 5.03. The Bertz CT molecular complexity index is 392. The minimum atomic E-state index is -0.409. The van der Waals surface area contributed by atoms with Crippen molar-refractivity contribution >= 4 is 5.97 Å². The van der Waals surface area contributed by atoms with Gasteiger partial charge in [-0.2, -0.15) is 0 Å². The molecule has 0 spiro atoms. The van der Waals surface area contributed by atoms with Crippen LogP contribution in [-0.2, 0) is 11.2 Å². The molecule has 0 bridgehead atoms. The minimum absolute atomic E-state index is 0.409. The third-order valence-corrected chi connectivity index (χ3v) is 2.56. The number of aryl methyl sites for hydroxylation is 1. The Labute approximate surface area is 90.6 Å². The van der Waals surface area contributed by atoms with Crippen LogP contribution in [0.5, 0.6) is 5.75 Å². The summed E-state index contributed by atoms with van der Waals surface area (Å²) in [5.41, 5.74) is 3.49. The highest BCUT2D eigenvalue weighted by atomic mass is 16.5. The monoisotopic (exact) mass is 204 g/mol. The molecule has 0 aliphatic rings. The Morgan fingerprint density at radius 2 is 2.13 bits per heavy atom. The molecule has 1 aromatic rings. The highest BCUT2D eigenvalue weighted by molar-refractivity contribution is 5.83. The standard InChI is InChI=1S/C13H16O2/c1-5-11-10(4)9(3)7-8-12(11)15-13(14)6-2/h6-8H,2,5H2,1,3-4H3. The molecular weight excluding hydrogens is 188 g/mol. The van der Waals surface area contributed by atoms with Crippen LogP contribution >= 0.6 is 0 Å². The molecule has 1 rings (SSSR count). The number of carbonyl (C=O) groups excluding carboxylic acids is 1. The molecule has 1 aromatic carbocycles. The molecule has 0 unspecified atom stereocenters. The van der Waals surface area contributed by atoms with Crippen molar-refractivity contribution in [3.8, 4) is 5.75 Å². The van der Waals surface area contributed by atoms with Gasteiger partial charge in [0.1, 0.15) is 5.75 Å². The van der Waals surface area contributed by atoms with E-state index in [-0.39, 0.29) is 0 Å². The average Bonchev–Trinajstić information content (AvgIpc) is 2.24. The lowest BCUT2D eigenvalue weighted by molar-refractivity contribution is -0.129. The molecule has 2 heteroatoms. The first kappa shape index (κ1) is 11.5. The lowest BCUT2D eigenvalue weighted by Gasteiger charge is -2.12. The Hall–Kier alpha value is -1.57. The fourth-order valence-electron chi connectivity index (χ4n) is 1.53. The van der Waals surface area contributed by atoms with Crippen molar-refractivity contribution in [1.29, 1.82) is 0 Å². The molecule has 0 heterocycles. The molecule has 0 amide bonds. The van der Waals surface area contributed by atoms with Crippen LogP contribution in [0.3, 0.4) is 0 Å². The lowest BCUT2D eigenvalue weighted by Crippen LogP contribution is -2.06. The van der Waals surface area contributed by atoms with E-state index >= 15 is 0 Å². The van der Waals surface area contributed by atoms with Crippen LogP contribution in [0.4, 0.5) is 0 Å². The summed E-state index contributed by atoms with van der Waals surface area (Å²) < 4.78 is 5.16. The van der Waals surface area contributed by atoms with Gasteiger partial charge in [0.15, 0.2) is 0 Å². The summed E-state index contributed by atoms with van der Waals surface area (Å²) in [5.74, 6) is 0.235. The number of carbonyl (C=O) groups is 1. The minimum Gasteiger partial charge on any atom is -0.423 e. The normalized spacial score (nSPS) is 9.80. The Morgan fingerprint density at radius 1 is 1.47 bits per heavy atom.